The maximum atomic E-state index is 13.2. The average Bonchev–Trinajstić information content (AvgIpc) is 2.85. The number of hydrogen-bond donors (Lipinski definition) is 1. The summed E-state index contributed by atoms with van der Waals surface area (Å²) in [6.07, 6.45) is 1.70. The number of carbonyl (C=O) groups is 2. The molecule has 7 nitrogen and oxygen atoms in total. The summed E-state index contributed by atoms with van der Waals surface area (Å²) in [5.41, 5.74) is 2.02. The minimum absolute atomic E-state index is 0.113. The number of hydrogen-bond acceptors (Lipinski definition) is 4. The van der Waals surface area contributed by atoms with E-state index in [1.807, 2.05) is 47.4 Å². The number of nitrogens with one attached hydrogen (secondary N) is 1. The third-order valence-electron chi connectivity index (χ3n) is 6.33. The smallest absolute Gasteiger partial charge is 0.321 e. The Hall–Kier alpha value is -3.06. The number of piperidine rings is 1. The molecular weight excluding hydrogens is 404 g/mol. The van der Waals surface area contributed by atoms with Crippen molar-refractivity contribution in [2.24, 2.45) is 5.92 Å². The Morgan fingerprint density at radius 1 is 0.938 bits per heavy atom. The highest BCUT2D eigenvalue weighted by Gasteiger charge is 2.32. The van der Waals surface area contributed by atoms with Crippen LogP contribution in [0.1, 0.15) is 18.4 Å². The van der Waals surface area contributed by atoms with Crippen LogP contribution < -0.4 is 10.1 Å². The molecule has 2 heterocycles. The average molecular weight is 437 g/mol. The van der Waals surface area contributed by atoms with Gasteiger partial charge in [-0.1, -0.05) is 30.3 Å². The van der Waals surface area contributed by atoms with Crippen LogP contribution in [0, 0.1) is 5.92 Å². The predicted octanol–water partition coefficient (Wildman–Crippen LogP) is 3.28. The van der Waals surface area contributed by atoms with Crippen LogP contribution in [0.3, 0.4) is 0 Å². The lowest BCUT2D eigenvalue weighted by molar-refractivity contribution is -0.138. The second kappa shape index (κ2) is 10.5. The number of urea groups is 1. The molecule has 1 atom stereocenters. The van der Waals surface area contributed by atoms with Gasteiger partial charge in [0.25, 0.3) is 0 Å². The van der Waals surface area contributed by atoms with E-state index in [4.69, 9.17) is 4.74 Å². The quantitative estimate of drug-likeness (QED) is 0.781. The van der Waals surface area contributed by atoms with Gasteiger partial charge in [0, 0.05) is 51.5 Å². The fraction of sp³-hybridized carbons (Fsp3) is 0.440. The first-order chi connectivity index (χ1) is 15.6. The number of ether oxygens (including phenoxy) is 1. The van der Waals surface area contributed by atoms with Crippen LogP contribution >= 0.6 is 0 Å². The maximum Gasteiger partial charge on any atom is 0.321 e. The largest absolute Gasteiger partial charge is 0.497 e. The Morgan fingerprint density at radius 3 is 2.34 bits per heavy atom. The standard InChI is InChI=1S/C25H32N4O3/c1-32-23-11-9-20(10-12-23)18-27-14-16-28(17-15-27)24(30)21-6-5-13-29(19-21)25(31)26-22-7-3-2-4-8-22/h2-4,7-12,21H,5-6,13-19H2,1H3,(H,26,31)/t21-/m1/s1. The lowest BCUT2D eigenvalue weighted by Crippen LogP contribution is -2.53. The Bertz CT molecular complexity index is 895. The molecule has 0 spiro atoms. The minimum atomic E-state index is -0.127. The molecule has 0 aliphatic carbocycles. The molecule has 32 heavy (non-hydrogen) atoms. The Kier molecular flexibility index (Phi) is 7.27. The molecule has 2 aliphatic heterocycles. The second-order valence-electron chi connectivity index (χ2n) is 8.53. The van der Waals surface area contributed by atoms with E-state index in [1.54, 1.807) is 12.0 Å². The van der Waals surface area contributed by atoms with Crippen LogP contribution in [0.4, 0.5) is 10.5 Å². The van der Waals surface area contributed by atoms with Gasteiger partial charge in [0.05, 0.1) is 13.0 Å². The molecule has 4 rings (SSSR count). The molecule has 2 aromatic carbocycles. The van der Waals surface area contributed by atoms with Gasteiger partial charge in [-0.2, -0.15) is 0 Å². The van der Waals surface area contributed by atoms with Crippen molar-refractivity contribution in [1.29, 1.82) is 0 Å². The number of anilines is 1. The zero-order valence-corrected chi connectivity index (χ0v) is 18.7. The molecule has 0 aromatic heterocycles. The summed E-state index contributed by atoms with van der Waals surface area (Å²) in [5, 5.41) is 2.93. The molecule has 0 radical (unpaired) electrons. The van der Waals surface area contributed by atoms with E-state index in [0.717, 1.165) is 57.0 Å². The highest BCUT2D eigenvalue weighted by atomic mass is 16.5. The van der Waals surface area contributed by atoms with Crippen molar-refractivity contribution in [2.75, 3.05) is 51.7 Å². The molecule has 0 unspecified atom stereocenters. The number of benzene rings is 2. The topological polar surface area (TPSA) is 65.1 Å². The van der Waals surface area contributed by atoms with Crippen molar-refractivity contribution >= 4 is 17.6 Å². The highest BCUT2D eigenvalue weighted by molar-refractivity contribution is 5.90. The lowest BCUT2D eigenvalue weighted by atomic mass is 9.96. The number of amides is 3. The molecule has 3 amide bonds. The summed E-state index contributed by atoms with van der Waals surface area (Å²) in [7, 11) is 1.67. The normalized spacial score (nSPS) is 19.5. The van der Waals surface area contributed by atoms with Crippen LogP contribution in [0.2, 0.25) is 0 Å². The van der Waals surface area contributed by atoms with Gasteiger partial charge in [0.2, 0.25) is 5.91 Å². The van der Waals surface area contributed by atoms with Gasteiger partial charge >= 0.3 is 6.03 Å². The van der Waals surface area contributed by atoms with Crippen molar-refractivity contribution in [1.82, 2.24) is 14.7 Å². The van der Waals surface area contributed by atoms with Gasteiger partial charge in [-0.25, -0.2) is 4.79 Å². The second-order valence-corrected chi connectivity index (χ2v) is 8.53. The summed E-state index contributed by atoms with van der Waals surface area (Å²) < 4.78 is 5.22. The summed E-state index contributed by atoms with van der Waals surface area (Å²) >= 11 is 0. The molecule has 170 valence electrons. The van der Waals surface area contributed by atoms with Crippen molar-refractivity contribution in [3.63, 3.8) is 0 Å². The summed E-state index contributed by atoms with van der Waals surface area (Å²) in [5.74, 6) is 0.938. The Balaban J connectivity index is 1.25. The third kappa shape index (κ3) is 5.59. The van der Waals surface area contributed by atoms with E-state index in [9.17, 15) is 9.59 Å². The number of likely N-dealkylation sites (tertiary alicyclic amines) is 1. The molecule has 1 N–H and O–H groups in total. The van der Waals surface area contributed by atoms with Crippen LogP contribution in [0.5, 0.6) is 5.75 Å². The Labute approximate surface area is 189 Å². The van der Waals surface area contributed by atoms with E-state index in [1.165, 1.54) is 5.56 Å². The fourth-order valence-corrected chi connectivity index (χ4v) is 4.46. The van der Waals surface area contributed by atoms with Crippen molar-refractivity contribution in [2.45, 2.75) is 19.4 Å². The zero-order valence-electron chi connectivity index (χ0n) is 18.7. The van der Waals surface area contributed by atoms with Gasteiger partial charge in [0.1, 0.15) is 5.75 Å². The van der Waals surface area contributed by atoms with E-state index >= 15 is 0 Å². The van der Waals surface area contributed by atoms with Crippen LogP contribution in [-0.2, 0) is 11.3 Å². The number of nitrogens with zero attached hydrogens (tertiary/aromatic N) is 3. The monoisotopic (exact) mass is 436 g/mol. The van der Waals surface area contributed by atoms with Gasteiger partial charge in [-0.3, -0.25) is 9.69 Å². The number of carbonyl (C=O) groups excluding carboxylic acids is 2. The first-order valence-corrected chi connectivity index (χ1v) is 11.4. The summed E-state index contributed by atoms with van der Waals surface area (Å²) in [6, 6.07) is 17.5. The zero-order chi connectivity index (χ0) is 22.3. The van der Waals surface area contributed by atoms with E-state index in [2.05, 4.69) is 22.3 Å². The van der Waals surface area contributed by atoms with E-state index in [-0.39, 0.29) is 17.9 Å². The number of para-hydroxylation sites is 1. The molecule has 2 aromatic rings. The third-order valence-corrected chi connectivity index (χ3v) is 6.33. The van der Waals surface area contributed by atoms with Crippen LogP contribution in [-0.4, -0.2) is 73.0 Å². The van der Waals surface area contributed by atoms with Crippen LogP contribution in [0.15, 0.2) is 54.6 Å². The molecule has 0 saturated carbocycles. The molecule has 7 heteroatoms. The first-order valence-electron chi connectivity index (χ1n) is 11.4. The lowest BCUT2D eigenvalue weighted by Gasteiger charge is -2.39. The molecular formula is C25H32N4O3. The van der Waals surface area contributed by atoms with Gasteiger partial charge in [0.15, 0.2) is 0 Å². The van der Waals surface area contributed by atoms with E-state index < -0.39 is 0 Å². The molecule has 2 aliphatic rings. The van der Waals surface area contributed by atoms with Crippen molar-refractivity contribution in [3.05, 3.63) is 60.2 Å². The van der Waals surface area contributed by atoms with Crippen LogP contribution in [0.25, 0.3) is 0 Å². The number of methoxy groups -OCH3 is 1. The summed E-state index contributed by atoms with van der Waals surface area (Å²) in [4.78, 5) is 31.9. The first kappa shape index (κ1) is 22.1. The fourth-order valence-electron chi connectivity index (χ4n) is 4.46. The molecule has 2 saturated heterocycles. The maximum absolute atomic E-state index is 13.2. The van der Waals surface area contributed by atoms with Gasteiger partial charge in [-0.15, -0.1) is 0 Å². The molecule has 0 bridgehead atoms. The Morgan fingerprint density at radius 2 is 1.66 bits per heavy atom. The number of piperazine rings is 1. The SMILES string of the molecule is COc1ccc(CN2CCN(C(=O)[C@@H]3CCCN(C(=O)Nc4ccccc4)C3)CC2)cc1. The van der Waals surface area contributed by atoms with Crippen molar-refractivity contribution in [3.8, 4) is 5.75 Å². The summed E-state index contributed by atoms with van der Waals surface area (Å²) in [6.45, 7) is 5.26. The molecule has 2 fully saturated rings. The van der Waals surface area contributed by atoms with E-state index in [0.29, 0.717) is 13.1 Å². The highest BCUT2D eigenvalue weighted by Crippen LogP contribution is 2.21. The van der Waals surface area contributed by atoms with Gasteiger partial charge < -0.3 is 19.9 Å². The predicted molar refractivity (Wildman–Crippen MR) is 125 cm³/mol. The number of rotatable bonds is 5. The minimum Gasteiger partial charge on any atom is -0.497 e. The van der Waals surface area contributed by atoms with Crippen molar-refractivity contribution < 1.29 is 14.3 Å². The van der Waals surface area contributed by atoms with Gasteiger partial charge in [-0.05, 0) is 42.7 Å².